The van der Waals surface area contributed by atoms with E-state index in [0.29, 0.717) is 27.1 Å². The van der Waals surface area contributed by atoms with E-state index < -0.39 is 11.9 Å². The molecule has 0 saturated carbocycles. The van der Waals surface area contributed by atoms with Gasteiger partial charge >= 0.3 is 5.97 Å². The maximum Gasteiger partial charge on any atom is 0.343 e. The van der Waals surface area contributed by atoms with Gasteiger partial charge in [0.25, 0.3) is 0 Å². The number of fused-ring (bicyclic) bond motifs is 1. The Hall–Kier alpha value is -3.66. The number of allylic oxidation sites excluding steroid dienone is 1. The number of halogens is 2. The summed E-state index contributed by atoms with van der Waals surface area (Å²) in [6, 6.07) is 18.8. The highest BCUT2D eigenvalue weighted by Crippen LogP contribution is 2.43. The molecule has 6 nitrogen and oxygen atoms in total. The van der Waals surface area contributed by atoms with Crippen LogP contribution in [0.1, 0.15) is 27.4 Å². The lowest BCUT2D eigenvalue weighted by Crippen LogP contribution is -2.21. The van der Waals surface area contributed by atoms with Gasteiger partial charge in [-0.3, -0.25) is 0 Å². The lowest BCUT2D eigenvalue weighted by atomic mass is 9.83. The molecule has 3 aromatic rings. The standard InChI is InChI=1S/C24H16Cl2N2O4/c1-30-20-8-5-14(10-19(20)26)24(29)31-16-6-7-17-21(11-16)32-23(28)18(12-27)22(17)13-3-2-4-15(25)9-13/h2-11,22H,28H2,1H3. The number of carbonyl (C=O) groups is 1. The maximum atomic E-state index is 12.6. The molecule has 0 spiro atoms. The molecule has 160 valence electrons. The van der Waals surface area contributed by atoms with Gasteiger partial charge in [0.2, 0.25) is 5.88 Å². The van der Waals surface area contributed by atoms with Crippen LogP contribution in [0.15, 0.2) is 72.1 Å². The highest BCUT2D eigenvalue weighted by Gasteiger charge is 2.31. The summed E-state index contributed by atoms with van der Waals surface area (Å²) in [5, 5.41) is 10.5. The Balaban J connectivity index is 1.67. The Kier molecular flexibility index (Phi) is 5.95. The Morgan fingerprint density at radius 1 is 1.12 bits per heavy atom. The fraction of sp³-hybridized carbons (Fsp3) is 0.0833. The Morgan fingerprint density at radius 3 is 2.62 bits per heavy atom. The number of ether oxygens (including phenoxy) is 3. The number of nitriles is 1. The lowest BCUT2D eigenvalue weighted by molar-refractivity contribution is 0.0734. The summed E-state index contributed by atoms with van der Waals surface area (Å²) in [7, 11) is 1.49. The van der Waals surface area contributed by atoms with Crippen LogP contribution in [0.4, 0.5) is 0 Å². The van der Waals surface area contributed by atoms with E-state index >= 15 is 0 Å². The van der Waals surface area contributed by atoms with Crippen LogP contribution in [0.3, 0.4) is 0 Å². The third kappa shape index (κ3) is 4.09. The molecular weight excluding hydrogens is 451 g/mol. The van der Waals surface area contributed by atoms with E-state index in [4.69, 9.17) is 43.1 Å². The second-order valence-corrected chi connectivity index (χ2v) is 7.76. The molecule has 32 heavy (non-hydrogen) atoms. The summed E-state index contributed by atoms with van der Waals surface area (Å²) >= 11 is 12.2. The minimum atomic E-state index is -0.599. The number of rotatable bonds is 4. The molecule has 0 aliphatic carbocycles. The number of hydrogen-bond acceptors (Lipinski definition) is 6. The van der Waals surface area contributed by atoms with Crippen LogP contribution in [0.5, 0.6) is 17.2 Å². The Labute approximate surface area is 194 Å². The summed E-state index contributed by atoms with van der Waals surface area (Å²) in [4.78, 5) is 12.6. The summed E-state index contributed by atoms with van der Waals surface area (Å²) in [5.41, 5.74) is 8.05. The topological polar surface area (TPSA) is 94.6 Å². The molecule has 3 aromatic carbocycles. The van der Waals surface area contributed by atoms with E-state index in [2.05, 4.69) is 6.07 Å². The second-order valence-electron chi connectivity index (χ2n) is 6.92. The normalized spacial score (nSPS) is 14.8. The molecule has 0 amide bonds. The monoisotopic (exact) mass is 466 g/mol. The van der Waals surface area contributed by atoms with Crippen molar-refractivity contribution in [2.24, 2.45) is 5.73 Å². The van der Waals surface area contributed by atoms with Crippen LogP contribution in [0.25, 0.3) is 0 Å². The summed E-state index contributed by atoms with van der Waals surface area (Å²) in [5.74, 6) is -0.00258. The fourth-order valence-corrected chi connectivity index (χ4v) is 3.94. The molecule has 8 heteroatoms. The SMILES string of the molecule is COc1ccc(C(=O)Oc2ccc3c(c2)OC(N)=C(C#N)C3c2cccc(Cl)c2)cc1Cl. The van der Waals surface area contributed by atoms with Crippen LogP contribution < -0.4 is 19.9 Å². The molecule has 1 aliphatic heterocycles. The van der Waals surface area contributed by atoms with Crippen molar-refractivity contribution in [2.45, 2.75) is 5.92 Å². The fourth-order valence-electron chi connectivity index (χ4n) is 3.49. The molecular formula is C24H16Cl2N2O4. The van der Waals surface area contributed by atoms with Gasteiger partial charge < -0.3 is 19.9 Å². The molecule has 1 aliphatic rings. The molecule has 0 fully saturated rings. The largest absolute Gasteiger partial charge is 0.495 e. The van der Waals surface area contributed by atoms with Gasteiger partial charge in [0.05, 0.1) is 23.6 Å². The number of nitrogens with zero attached hydrogens (tertiary/aromatic N) is 1. The molecule has 0 aromatic heterocycles. The van der Waals surface area contributed by atoms with Crippen LogP contribution in [-0.2, 0) is 0 Å². The quantitative estimate of drug-likeness (QED) is 0.406. The van der Waals surface area contributed by atoms with Gasteiger partial charge in [0.1, 0.15) is 28.9 Å². The van der Waals surface area contributed by atoms with Crippen LogP contribution in [0, 0.1) is 11.3 Å². The minimum Gasteiger partial charge on any atom is -0.495 e. The number of methoxy groups -OCH3 is 1. The lowest BCUT2D eigenvalue weighted by Gasteiger charge is -2.26. The Morgan fingerprint density at radius 2 is 1.94 bits per heavy atom. The van der Waals surface area contributed by atoms with Crippen molar-refractivity contribution in [3.05, 3.63) is 98.9 Å². The maximum absolute atomic E-state index is 12.6. The van der Waals surface area contributed by atoms with Gasteiger partial charge in [-0.15, -0.1) is 0 Å². The first-order chi connectivity index (χ1) is 15.4. The number of hydrogen-bond donors (Lipinski definition) is 1. The van der Waals surface area contributed by atoms with Gasteiger partial charge in [-0.25, -0.2) is 4.79 Å². The molecule has 0 radical (unpaired) electrons. The van der Waals surface area contributed by atoms with E-state index in [1.807, 2.05) is 6.07 Å². The average Bonchev–Trinajstić information content (AvgIpc) is 2.78. The highest BCUT2D eigenvalue weighted by atomic mass is 35.5. The third-order valence-electron chi connectivity index (χ3n) is 4.97. The predicted molar refractivity (Wildman–Crippen MR) is 120 cm³/mol. The van der Waals surface area contributed by atoms with Gasteiger partial charge in [-0.05, 0) is 42.0 Å². The molecule has 0 bridgehead atoms. The molecule has 1 atom stereocenters. The summed E-state index contributed by atoms with van der Waals surface area (Å²) < 4.78 is 16.2. The second kappa shape index (κ2) is 8.83. The molecule has 1 heterocycles. The zero-order valence-electron chi connectivity index (χ0n) is 16.8. The van der Waals surface area contributed by atoms with Crippen molar-refractivity contribution in [1.29, 1.82) is 5.26 Å². The van der Waals surface area contributed by atoms with Crippen molar-refractivity contribution in [2.75, 3.05) is 7.11 Å². The first-order valence-electron chi connectivity index (χ1n) is 9.44. The Bertz CT molecular complexity index is 1300. The van der Waals surface area contributed by atoms with Crippen LogP contribution in [0.2, 0.25) is 10.0 Å². The van der Waals surface area contributed by atoms with Gasteiger partial charge in [0, 0.05) is 16.7 Å². The summed E-state index contributed by atoms with van der Waals surface area (Å²) in [6.45, 7) is 0. The van der Waals surface area contributed by atoms with E-state index in [0.717, 1.165) is 5.56 Å². The van der Waals surface area contributed by atoms with Crippen LogP contribution >= 0.6 is 23.2 Å². The van der Waals surface area contributed by atoms with Crippen molar-refractivity contribution in [3.8, 4) is 23.3 Å². The average molecular weight is 467 g/mol. The van der Waals surface area contributed by atoms with E-state index in [1.54, 1.807) is 48.5 Å². The van der Waals surface area contributed by atoms with Crippen molar-refractivity contribution < 1.29 is 19.0 Å². The predicted octanol–water partition coefficient (Wildman–Crippen LogP) is 5.44. The molecule has 4 rings (SSSR count). The molecule has 1 unspecified atom stereocenters. The number of carbonyl (C=O) groups excluding carboxylic acids is 1. The van der Waals surface area contributed by atoms with Crippen molar-refractivity contribution in [3.63, 3.8) is 0 Å². The first-order valence-corrected chi connectivity index (χ1v) is 10.2. The number of benzene rings is 3. The number of nitrogens with two attached hydrogens (primary N) is 1. The smallest absolute Gasteiger partial charge is 0.343 e. The van der Waals surface area contributed by atoms with Gasteiger partial charge in [0.15, 0.2) is 0 Å². The van der Waals surface area contributed by atoms with E-state index in [9.17, 15) is 10.1 Å². The van der Waals surface area contributed by atoms with Crippen molar-refractivity contribution >= 4 is 29.2 Å². The van der Waals surface area contributed by atoms with E-state index in [-0.39, 0.29) is 22.8 Å². The molecule has 0 saturated heterocycles. The zero-order chi connectivity index (χ0) is 22.8. The van der Waals surface area contributed by atoms with Crippen molar-refractivity contribution in [1.82, 2.24) is 0 Å². The van der Waals surface area contributed by atoms with Crippen LogP contribution in [-0.4, -0.2) is 13.1 Å². The van der Waals surface area contributed by atoms with Gasteiger partial charge in [-0.1, -0.05) is 41.4 Å². The highest BCUT2D eigenvalue weighted by molar-refractivity contribution is 6.32. The van der Waals surface area contributed by atoms with Gasteiger partial charge in [-0.2, -0.15) is 5.26 Å². The minimum absolute atomic E-state index is 0.0182. The zero-order valence-corrected chi connectivity index (χ0v) is 18.3. The third-order valence-corrected chi connectivity index (χ3v) is 5.50. The number of esters is 1. The molecule has 2 N–H and O–H groups in total. The summed E-state index contributed by atoms with van der Waals surface area (Å²) in [6.07, 6.45) is 0. The first kappa shape index (κ1) is 21.6. The van der Waals surface area contributed by atoms with E-state index in [1.165, 1.54) is 13.2 Å².